The Balaban J connectivity index is 3.12. The first-order chi connectivity index (χ1) is 8.36. The van der Waals surface area contributed by atoms with E-state index in [0.717, 1.165) is 0 Å². The van der Waals surface area contributed by atoms with Crippen LogP contribution in [0.15, 0.2) is 12.1 Å². The van der Waals surface area contributed by atoms with Crippen LogP contribution in [0.1, 0.15) is 29.8 Å². The third-order valence-electron chi connectivity index (χ3n) is 2.45. The summed E-state index contributed by atoms with van der Waals surface area (Å²) in [5, 5.41) is 2.62. The lowest BCUT2D eigenvalue weighted by Crippen LogP contribution is -2.18. The molecule has 0 aromatic heterocycles. The summed E-state index contributed by atoms with van der Waals surface area (Å²) >= 11 is 0. The molecule has 1 aromatic rings. The molecule has 5 heteroatoms. The van der Waals surface area contributed by atoms with Crippen molar-refractivity contribution in [2.75, 3.05) is 12.4 Å². The van der Waals surface area contributed by atoms with E-state index >= 15 is 0 Å². The number of methoxy groups -OCH3 is 1. The van der Waals surface area contributed by atoms with Gasteiger partial charge in [-0.2, -0.15) is 0 Å². The molecule has 98 valence electrons. The van der Waals surface area contributed by atoms with Gasteiger partial charge in [0, 0.05) is 11.6 Å². The fourth-order valence-electron chi connectivity index (χ4n) is 1.39. The molecule has 4 nitrogen and oxygen atoms in total. The standard InChI is InChI=1S/C13H16FNO3/c1-7(2)12(16)15-9-5-8(3)11(14)10(6-9)13(17)18-4/h5-7H,1-4H3,(H,15,16). The number of hydrogen-bond donors (Lipinski definition) is 1. The third kappa shape index (κ3) is 3.06. The van der Waals surface area contributed by atoms with E-state index in [1.54, 1.807) is 13.8 Å². The number of ether oxygens (including phenoxy) is 1. The third-order valence-corrected chi connectivity index (χ3v) is 2.45. The molecule has 0 aliphatic heterocycles. The van der Waals surface area contributed by atoms with Gasteiger partial charge >= 0.3 is 5.97 Å². The number of carbonyl (C=O) groups is 2. The van der Waals surface area contributed by atoms with Gasteiger partial charge < -0.3 is 10.1 Å². The fraction of sp³-hybridized carbons (Fsp3) is 0.385. The van der Waals surface area contributed by atoms with Gasteiger partial charge in [0.2, 0.25) is 5.91 Å². The molecule has 0 aliphatic rings. The van der Waals surface area contributed by atoms with Gasteiger partial charge in [-0.1, -0.05) is 13.8 Å². The van der Waals surface area contributed by atoms with Gasteiger partial charge in [0.15, 0.2) is 0 Å². The maximum atomic E-state index is 13.7. The SMILES string of the molecule is COC(=O)c1cc(NC(=O)C(C)C)cc(C)c1F. The number of halogens is 1. The highest BCUT2D eigenvalue weighted by molar-refractivity contribution is 5.95. The monoisotopic (exact) mass is 253 g/mol. The second-order valence-corrected chi connectivity index (χ2v) is 4.29. The largest absolute Gasteiger partial charge is 0.465 e. The van der Waals surface area contributed by atoms with Gasteiger partial charge in [0.1, 0.15) is 5.82 Å². The Morgan fingerprint density at radius 2 is 1.94 bits per heavy atom. The van der Waals surface area contributed by atoms with Crippen LogP contribution >= 0.6 is 0 Å². The van der Waals surface area contributed by atoms with Gasteiger partial charge in [0.25, 0.3) is 0 Å². The Morgan fingerprint density at radius 3 is 2.44 bits per heavy atom. The van der Waals surface area contributed by atoms with Gasteiger partial charge in [-0.05, 0) is 24.6 Å². The Bertz CT molecular complexity index is 483. The zero-order valence-corrected chi connectivity index (χ0v) is 10.8. The van der Waals surface area contributed by atoms with E-state index in [-0.39, 0.29) is 23.0 Å². The van der Waals surface area contributed by atoms with E-state index in [2.05, 4.69) is 10.1 Å². The van der Waals surface area contributed by atoms with Crippen molar-refractivity contribution < 1.29 is 18.7 Å². The number of hydrogen-bond acceptors (Lipinski definition) is 3. The van der Waals surface area contributed by atoms with Crippen molar-refractivity contribution in [2.45, 2.75) is 20.8 Å². The number of carbonyl (C=O) groups excluding carboxylic acids is 2. The molecule has 1 rings (SSSR count). The number of aryl methyl sites for hydroxylation is 1. The molecular weight excluding hydrogens is 237 g/mol. The minimum absolute atomic E-state index is 0.184. The molecule has 18 heavy (non-hydrogen) atoms. The molecule has 0 heterocycles. The molecule has 1 amide bonds. The summed E-state index contributed by atoms with van der Waals surface area (Å²) in [5.74, 6) is -1.80. The van der Waals surface area contributed by atoms with Crippen molar-refractivity contribution in [1.29, 1.82) is 0 Å². The molecule has 0 spiro atoms. The van der Waals surface area contributed by atoms with Crippen molar-refractivity contribution in [3.05, 3.63) is 29.1 Å². The van der Waals surface area contributed by atoms with E-state index in [0.29, 0.717) is 5.69 Å². The smallest absolute Gasteiger partial charge is 0.340 e. The number of benzene rings is 1. The van der Waals surface area contributed by atoms with Crippen LogP contribution < -0.4 is 5.32 Å². The highest BCUT2D eigenvalue weighted by atomic mass is 19.1. The first kappa shape index (κ1) is 14.2. The zero-order chi connectivity index (χ0) is 13.9. The fourth-order valence-corrected chi connectivity index (χ4v) is 1.39. The highest BCUT2D eigenvalue weighted by Gasteiger charge is 2.17. The number of rotatable bonds is 3. The van der Waals surface area contributed by atoms with Crippen LogP contribution in [0.25, 0.3) is 0 Å². The molecule has 0 saturated heterocycles. The maximum Gasteiger partial charge on any atom is 0.340 e. The lowest BCUT2D eigenvalue weighted by atomic mass is 10.1. The average molecular weight is 253 g/mol. The van der Waals surface area contributed by atoms with Crippen LogP contribution in [0.4, 0.5) is 10.1 Å². The zero-order valence-electron chi connectivity index (χ0n) is 10.8. The van der Waals surface area contributed by atoms with Crippen LogP contribution in [-0.4, -0.2) is 19.0 Å². The molecule has 0 radical (unpaired) electrons. The molecule has 1 N–H and O–H groups in total. The van der Waals surface area contributed by atoms with Gasteiger partial charge in [-0.3, -0.25) is 4.79 Å². The quantitative estimate of drug-likeness (QED) is 0.842. The summed E-state index contributed by atoms with van der Waals surface area (Å²) in [4.78, 5) is 22.9. The Labute approximate surface area is 105 Å². The normalized spacial score (nSPS) is 10.3. The molecule has 0 unspecified atom stereocenters. The molecule has 0 atom stereocenters. The minimum Gasteiger partial charge on any atom is -0.465 e. The minimum atomic E-state index is -0.767. The Hall–Kier alpha value is -1.91. The average Bonchev–Trinajstić information content (AvgIpc) is 2.32. The van der Waals surface area contributed by atoms with E-state index in [1.807, 2.05) is 0 Å². The molecule has 0 bridgehead atoms. The summed E-state index contributed by atoms with van der Waals surface area (Å²) in [6.07, 6.45) is 0. The molecule has 0 aliphatic carbocycles. The van der Waals surface area contributed by atoms with Crippen LogP contribution in [0, 0.1) is 18.7 Å². The van der Waals surface area contributed by atoms with Crippen LogP contribution in [-0.2, 0) is 9.53 Å². The summed E-state index contributed by atoms with van der Waals surface area (Å²) in [6, 6.07) is 2.75. The second-order valence-electron chi connectivity index (χ2n) is 4.29. The predicted octanol–water partition coefficient (Wildman–Crippen LogP) is 2.52. The maximum absolute atomic E-state index is 13.7. The Kier molecular flexibility index (Phi) is 4.42. The van der Waals surface area contributed by atoms with E-state index in [1.165, 1.54) is 26.2 Å². The van der Waals surface area contributed by atoms with Crippen molar-refractivity contribution >= 4 is 17.6 Å². The van der Waals surface area contributed by atoms with Crippen LogP contribution in [0.5, 0.6) is 0 Å². The molecule has 0 saturated carbocycles. The molecule has 1 aromatic carbocycles. The van der Waals surface area contributed by atoms with Crippen LogP contribution in [0.3, 0.4) is 0 Å². The van der Waals surface area contributed by atoms with Crippen LogP contribution in [0.2, 0.25) is 0 Å². The predicted molar refractivity (Wildman–Crippen MR) is 65.9 cm³/mol. The van der Waals surface area contributed by atoms with E-state index in [4.69, 9.17) is 0 Å². The van der Waals surface area contributed by atoms with Crippen molar-refractivity contribution in [2.24, 2.45) is 5.92 Å². The number of esters is 1. The van der Waals surface area contributed by atoms with Crippen molar-refractivity contribution in [3.63, 3.8) is 0 Å². The van der Waals surface area contributed by atoms with Crippen molar-refractivity contribution in [1.82, 2.24) is 0 Å². The highest BCUT2D eigenvalue weighted by Crippen LogP contribution is 2.20. The summed E-state index contributed by atoms with van der Waals surface area (Å²) < 4.78 is 18.2. The summed E-state index contributed by atoms with van der Waals surface area (Å²) in [7, 11) is 1.18. The second kappa shape index (κ2) is 5.62. The van der Waals surface area contributed by atoms with E-state index < -0.39 is 11.8 Å². The Morgan fingerprint density at radius 1 is 1.33 bits per heavy atom. The van der Waals surface area contributed by atoms with Gasteiger partial charge in [0.05, 0.1) is 12.7 Å². The number of nitrogens with one attached hydrogen (secondary N) is 1. The molecular formula is C13H16FNO3. The van der Waals surface area contributed by atoms with Gasteiger partial charge in [-0.25, -0.2) is 9.18 Å². The lowest BCUT2D eigenvalue weighted by Gasteiger charge is -2.11. The van der Waals surface area contributed by atoms with Crippen molar-refractivity contribution in [3.8, 4) is 0 Å². The first-order valence-electron chi connectivity index (χ1n) is 5.56. The summed E-state index contributed by atoms with van der Waals surface area (Å²) in [5.41, 5.74) is 0.474. The first-order valence-corrected chi connectivity index (χ1v) is 5.56. The number of amides is 1. The van der Waals surface area contributed by atoms with Gasteiger partial charge in [-0.15, -0.1) is 0 Å². The van der Waals surface area contributed by atoms with E-state index in [9.17, 15) is 14.0 Å². The summed E-state index contributed by atoms with van der Waals surface area (Å²) in [6.45, 7) is 5.01. The lowest BCUT2D eigenvalue weighted by molar-refractivity contribution is -0.118. The molecule has 0 fully saturated rings. The topological polar surface area (TPSA) is 55.4 Å². The number of anilines is 1.